The Kier molecular flexibility index (Phi) is 10.6. The minimum Gasteiger partial charge on any atom is -0.462 e. The maximum Gasteiger partial charge on any atom is 0.341 e. The van der Waals surface area contributed by atoms with Gasteiger partial charge in [0.25, 0.3) is 17.3 Å². The molecule has 0 saturated heterocycles. The first kappa shape index (κ1) is 33.2. The Labute approximate surface area is 276 Å². The van der Waals surface area contributed by atoms with E-state index in [9.17, 15) is 34.6 Å². The van der Waals surface area contributed by atoms with Crippen LogP contribution < -0.4 is 10.6 Å². The lowest BCUT2D eigenvalue weighted by molar-refractivity contribution is -0.385. The van der Waals surface area contributed by atoms with Crippen molar-refractivity contribution >= 4 is 57.3 Å². The lowest BCUT2D eigenvalue weighted by Crippen LogP contribution is -2.24. The molecule has 0 fully saturated rings. The maximum atomic E-state index is 13.2. The molecule has 0 unspecified atom stereocenters. The molecule has 1 aliphatic carbocycles. The van der Waals surface area contributed by atoms with Crippen LogP contribution in [-0.2, 0) is 28.9 Å². The highest BCUT2D eigenvalue weighted by atomic mass is 32.2. The van der Waals surface area contributed by atoms with E-state index in [2.05, 4.69) is 20.8 Å². The Morgan fingerprint density at radius 2 is 1.62 bits per heavy atom. The Morgan fingerprint density at radius 1 is 0.957 bits per heavy atom. The van der Waals surface area contributed by atoms with Crippen molar-refractivity contribution in [1.82, 2.24) is 20.1 Å². The Bertz CT molecular complexity index is 1820. The molecular formula is C30H29N7O8S2. The van der Waals surface area contributed by atoms with Gasteiger partial charge in [-0.1, -0.05) is 18.2 Å². The van der Waals surface area contributed by atoms with Crippen LogP contribution in [-0.4, -0.2) is 54.8 Å². The zero-order valence-electron chi connectivity index (χ0n) is 25.1. The van der Waals surface area contributed by atoms with Crippen molar-refractivity contribution < 1.29 is 29.0 Å². The van der Waals surface area contributed by atoms with Gasteiger partial charge in [0.1, 0.15) is 5.00 Å². The van der Waals surface area contributed by atoms with Crippen molar-refractivity contribution in [3.8, 4) is 5.69 Å². The molecule has 0 saturated carbocycles. The number of esters is 1. The Hall–Kier alpha value is -5.16. The number of amides is 2. The third-order valence-electron chi connectivity index (χ3n) is 7.25. The first-order valence-electron chi connectivity index (χ1n) is 14.6. The molecule has 0 aliphatic heterocycles. The average Bonchev–Trinajstić information content (AvgIpc) is 3.54. The predicted molar refractivity (Wildman–Crippen MR) is 173 cm³/mol. The molecule has 0 bridgehead atoms. The van der Waals surface area contributed by atoms with Crippen LogP contribution in [0.4, 0.5) is 16.4 Å². The molecule has 0 radical (unpaired) electrons. The number of aromatic nitrogens is 3. The molecule has 2 aromatic carbocycles. The number of thiophene rings is 1. The van der Waals surface area contributed by atoms with Crippen LogP contribution in [0.5, 0.6) is 0 Å². The number of thioether (sulfide) groups is 1. The minimum absolute atomic E-state index is 0.106. The van der Waals surface area contributed by atoms with Gasteiger partial charge in [0.05, 0.1) is 34.3 Å². The number of benzene rings is 2. The van der Waals surface area contributed by atoms with Gasteiger partial charge >= 0.3 is 5.97 Å². The van der Waals surface area contributed by atoms with Gasteiger partial charge in [-0.2, -0.15) is 0 Å². The van der Waals surface area contributed by atoms with E-state index >= 15 is 0 Å². The van der Waals surface area contributed by atoms with Crippen LogP contribution in [0.1, 0.15) is 63.2 Å². The monoisotopic (exact) mass is 679 g/mol. The van der Waals surface area contributed by atoms with Crippen molar-refractivity contribution in [2.75, 3.05) is 17.7 Å². The van der Waals surface area contributed by atoms with E-state index in [-0.39, 0.29) is 52.7 Å². The van der Waals surface area contributed by atoms with Gasteiger partial charge in [0.15, 0.2) is 11.0 Å². The number of rotatable bonds is 12. The summed E-state index contributed by atoms with van der Waals surface area (Å²) in [4.78, 5) is 61.0. The van der Waals surface area contributed by atoms with Gasteiger partial charge < -0.3 is 15.4 Å². The number of aryl methyl sites for hydroxylation is 1. The Balaban J connectivity index is 1.34. The van der Waals surface area contributed by atoms with Crippen LogP contribution in [0.15, 0.2) is 53.7 Å². The van der Waals surface area contributed by atoms with E-state index in [1.54, 1.807) is 11.5 Å². The maximum absolute atomic E-state index is 13.2. The van der Waals surface area contributed by atoms with Gasteiger partial charge in [-0.25, -0.2) is 4.79 Å². The fourth-order valence-electron chi connectivity index (χ4n) is 5.03. The normalized spacial score (nSPS) is 12.4. The number of fused-ring (bicyclic) bond motifs is 1. The van der Waals surface area contributed by atoms with Crippen LogP contribution in [0.3, 0.4) is 0 Å². The molecule has 4 aromatic rings. The fraction of sp³-hybridized carbons (Fsp3) is 0.300. The zero-order chi connectivity index (χ0) is 33.5. The number of nitrogens with one attached hydrogen (secondary N) is 2. The highest BCUT2D eigenvalue weighted by Crippen LogP contribution is 2.38. The van der Waals surface area contributed by atoms with Crippen LogP contribution >= 0.6 is 23.1 Å². The van der Waals surface area contributed by atoms with Crippen molar-refractivity contribution in [3.63, 3.8) is 0 Å². The molecule has 0 atom stereocenters. The molecule has 244 valence electrons. The van der Waals surface area contributed by atoms with Gasteiger partial charge in [0, 0.05) is 40.4 Å². The number of nitro groups is 2. The Morgan fingerprint density at radius 3 is 2.28 bits per heavy atom. The van der Waals surface area contributed by atoms with Crippen molar-refractivity contribution in [2.24, 2.45) is 0 Å². The van der Waals surface area contributed by atoms with Gasteiger partial charge in [-0.05, 0) is 62.4 Å². The summed E-state index contributed by atoms with van der Waals surface area (Å²) >= 11 is 2.45. The second-order valence-corrected chi connectivity index (χ2v) is 12.4. The standard InChI is InChI=1S/C30H29N7O8S2/c1-2-45-29(40)26-22-6-4-3-5-7-23(22)47-28(26)32-25(38)17-46-30-34-33-24(35(30)19-12-14-21(15-13-19)37(43)44)16-31-27(39)18-8-10-20(11-9-18)36(41)42/h8-15H,2-7,16-17H2,1H3,(H,31,39)(H,32,38). The van der Waals surface area contributed by atoms with E-state index in [0.717, 1.165) is 54.3 Å². The molecule has 5 rings (SSSR count). The van der Waals surface area contributed by atoms with Gasteiger partial charge in [-0.3, -0.25) is 34.4 Å². The number of non-ortho nitro benzene ring substituents is 2. The lowest BCUT2D eigenvalue weighted by atomic mass is 10.1. The number of ether oxygens (including phenoxy) is 1. The molecule has 15 nitrogen and oxygen atoms in total. The van der Waals surface area contributed by atoms with E-state index in [1.165, 1.54) is 59.9 Å². The highest BCUT2D eigenvalue weighted by Gasteiger charge is 2.27. The summed E-state index contributed by atoms with van der Waals surface area (Å²) in [6.07, 6.45) is 4.60. The molecule has 47 heavy (non-hydrogen) atoms. The summed E-state index contributed by atoms with van der Waals surface area (Å²) in [6.45, 7) is 1.83. The SMILES string of the molecule is CCOC(=O)c1c(NC(=O)CSc2nnc(CNC(=O)c3ccc([N+](=O)[O-])cc3)n2-c2ccc([N+](=O)[O-])cc2)sc2c1CCCCC2. The van der Waals surface area contributed by atoms with E-state index in [0.29, 0.717) is 16.3 Å². The summed E-state index contributed by atoms with van der Waals surface area (Å²) in [5, 5.41) is 36.9. The molecule has 2 aromatic heterocycles. The molecule has 17 heteroatoms. The summed E-state index contributed by atoms with van der Waals surface area (Å²) in [5.74, 6) is -1.20. The van der Waals surface area contributed by atoms with E-state index in [4.69, 9.17) is 4.74 Å². The summed E-state index contributed by atoms with van der Waals surface area (Å²) in [5.41, 5.74) is 1.71. The number of carbonyl (C=O) groups is 3. The summed E-state index contributed by atoms with van der Waals surface area (Å²) < 4.78 is 6.87. The topological polar surface area (TPSA) is 201 Å². The smallest absolute Gasteiger partial charge is 0.341 e. The molecule has 0 spiro atoms. The third-order valence-corrected chi connectivity index (χ3v) is 9.39. The number of carbonyl (C=O) groups excluding carboxylic acids is 3. The van der Waals surface area contributed by atoms with Gasteiger partial charge in [0.2, 0.25) is 5.91 Å². The quantitative estimate of drug-likeness (QED) is 0.0651. The van der Waals surface area contributed by atoms with E-state index < -0.39 is 21.7 Å². The number of nitro benzene ring substituents is 2. The molecule has 2 amide bonds. The average molecular weight is 680 g/mol. The number of anilines is 1. The van der Waals surface area contributed by atoms with Crippen molar-refractivity contribution in [2.45, 2.75) is 50.7 Å². The van der Waals surface area contributed by atoms with Crippen LogP contribution in [0.2, 0.25) is 0 Å². The van der Waals surface area contributed by atoms with Crippen molar-refractivity contribution in [3.05, 3.63) is 96.2 Å². The molecular weight excluding hydrogens is 651 g/mol. The highest BCUT2D eigenvalue weighted by molar-refractivity contribution is 7.99. The molecule has 2 heterocycles. The third kappa shape index (κ3) is 7.81. The number of hydrogen-bond donors (Lipinski definition) is 2. The van der Waals surface area contributed by atoms with E-state index in [1.807, 2.05) is 0 Å². The first-order chi connectivity index (χ1) is 22.7. The minimum atomic E-state index is -0.567. The summed E-state index contributed by atoms with van der Waals surface area (Å²) in [7, 11) is 0. The van der Waals surface area contributed by atoms with Crippen LogP contribution in [0, 0.1) is 20.2 Å². The predicted octanol–water partition coefficient (Wildman–Crippen LogP) is 5.25. The lowest BCUT2D eigenvalue weighted by Gasteiger charge is -2.11. The fourth-order valence-corrected chi connectivity index (χ4v) is 7.09. The number of hydrogen-bond acceptors (Lipinski definition) is 12. The largest absolute Gasteiger partial charge is 0.462 e. The second kappa shape index (κ2) is 15.0. The van der Waals surface area contributed by atoms with Gasteiger partial charge in [-0.15, -0.1) is 21.5 Å². The summed E-state index contributed by atoms with van der Waals surface area (Å²) in [6, 6.07) is 10.7. The van der Waals surface area contributed by atoms with Crippen LogP contribution in [0.25, 0.3) is 5.69 Å². The number of nitrogens with zero attached hydrogens (tertiary/aromatic N) is 5. The zero-order valence-corrected chi connectivity index (χ0v) is 26.7. The molecule has 1 aliphatic rings. The second-order valence-electron chi connectivity index (χ2n) is 10.3. The van der Waals surface area contributed by atoms with Crippen molar-refractivity contribution in [1.29, 1.82) is 0 Å². The first-order valence-corrected chi connectivity index (χ1v) is 16.4. The molecule has 2 N–H and O–H groups in total.